The fraction of sp³-hybridized carbons (Fsp3) is 0.105. The molecule has 0 saturated carbocycles. The molecule has 0 unspecified atom stereocenters. The van der Waals surface area contributed by atoms with Crippen LogP contribution >= 0.6 is 0 Å². The van der Waals surface area contributed by atoms with Crippen molar-refractivity contribution in [3.05, 3.63) is 71.2 Å². The summed E-state index contributed by atoms with van der Waals surface area (Å²) in [7, 11) is 0. The molecule has 7 nitrogen and oxygen atoms in total. The number of hydrogen-bond donors (Lipinski definition) is 2. The van der Waals surface area contributed by atoms with E-state index < -0.39 is 0 Å². The molecule has 0 spiro atoms. The third-order valence-corrected chi connectivity index (χ3v) is 3.80. The predicted octanol–water partition coefficient (Wildman–Crippen LogP) is 2.23. The van der Waals surface area contributed by atoms with Crippen molar-refractivity contribution in [2.24, 2.45) is 0 Å². The Labute approximate surface area is 150 Å². The van der Waals surface area contributed by atoms with Crippen molar-refractivity contribution in [2.45, 2.75) is 13.5 Å². The van der Waals surface area contributed by atoms with Crippen molar-refractivity contribution >= 4 is 11.9 Å². The van der Waals surface area contributed by atoms with Crippen LogP contribution in [0.3, 0.4) is 0 Å². The van der Waals surface area contributed by atoms with Gasteiger partial charge in [0.25, 0.3) is 5.91 Å². The SMILES string of the molecule is Cc1cccnc1CNC(=O)c1cc(-c2cccc(C#N)c2)nc(N)n1. The largest absolute Gasteiger partial charge is 0.368 e. The van der Waals surface area contributed by atoms with Crippen LogP contribution in [0.5, 0.6) is 0 Å². The summed E-state index contributed by atoms with van der Waals surface area (Å²) in [6, 6.07) is 14.3. The highest BCUT2D eigenvalue weighted by Gasteiger charge is 2.13. The van der Waals surface area contributed by atoms with E-state index in [1.165, 1.54) is 0 Å². The molecule has 0 bridgehead atoms. The van der Waals surface area contributed by atoms with Crippen LogP contribution in [0.25, 0.3) is 11.3 Å². The van der Waals surface area contributed by atoms with Crippen LogP contribution in [0.4, 0.5) is 5.95 Å². The fourth-order valence-corrected chi connectivity index (χ4v) is 2.44. The van der Waals surface area contributed by atoms with E-state index in [0.717, 1.165) is 11.3 Å². The first-order chi connectivity index (χ1) is 12.6. The maximum Gasteiger partial charge on any atom is 0.270 e. The van der Waals surface area contributed by atoms with Gasteiger partial charge in [0.05, 0.1) is 29.6 Å². The van der Waals surface area contributed by atoms with Crippen molar-refractivity contribution in [2.75, 3.05) is 5.73 Å². The lowest BCUT2D eigenvalue weighted by Gasteiger charge is -2.08. The van der Waals surface area contributed by atoms with Gasteiger partial charge in [0, 0.05) is 11.8 Å². The lowest BCUT2D eigenvalue weighted by Crippen LogP contribution is -2.25. The maximum absolute atomic E-state index is 12.5. The molecule has 3 N–H and O–H groups in total. The fourth-order valence-electron chi connectivity index (χ4n) is 2.44. The van der Waals surface area contributed by atoms with Crippen LogP contribution in [-0.4, -0.2) is 20.9 Å². The molecule has 0 aliphatic carbocycles. The number of nitriles is 1. The number of nitrogens with zero attached hydrogens (tertiary/aromatic N) is 4. The van der Waals surface area contributed by atoms with Gasteiger partial charge in [-0.1, -0.05) is 18.2 Å². The van der Waals surface area contributed by atoms with Gasteiger partial charge >= 0.3 is 0 Å². The Morgan fingerprint density at radius 2 is 2.08 bits per heavy atom. The number of anilines is 1. The Morgan fingerprint density at radius 3 is 2.85 bits per heavy atom. The van der Waals surface area contributed by atoms with Crippen molar-refractivity contribution < 1.29 is 4.79 Å². The molecule has 0 saturated heterocycles. The quantitative estimate of drug-likeness (QED) is 0.749. The number of aryl methyl sites for hydroxylation is 1. The van der Waals surface area contributed by atoms with E-state index >= 15 is 0 Å². The minimum atomic E-state index is -0.373. The highest BCUT2D eigenvalue weighted by atomic mass is 16.1. The molecule has 128 valence electrons. The number of carbonyl (C=O) groups excluding carboxylic acids is 1. The Balaban J connectivity index is 1.84. The Bertz CT molecular complexity index is 1010. The molecular formula is C19H16N6O. The van der Waals surface area contributed by atoms with Crippen LogP contribution in [0.1, 0.15) is 27.3 Å². The third kappa shape index (κ3) is 3.82. The second-order valence-electron chi connectivity index (χ2n) is 5.64. The van der Waals surface area contributed by atoms with Crippen LogP contribution in [0, 0.1) is 18.3 Å². The number of nitrogens with one attached hydrogen (secondary N) is 1. The number of benzene rings is 1. The molecule has 26 heavy (non-hydrogen) atoms. The van der Waals surface area contributed by atoms with E-state index in [0.29, 0.717) is 16.8 Å². The van der Waals surface area contributed by atoms with Gasteiger partial charge in [-0.3, -0.25) is 9.78 Å². The van der Waals surface area contributed by atoms with Crippen LogP contribution < -0.4 is 11.1 Å². The molecule has 0 radical (unpaired) electrons. The monoisotopic (exact) mass is 344 g/mol. The normalized spacial score (nSPS) is 10.2. The number of aromatic nitrogens is 3. The number of nitrogen functional groups attached to an aromatic ring is 1. The van der Waals surface area contributed by atoms with E-state index in [2.05, 4.69) is 26.3 Å². The van der Waals surface area contributed by atoms with E-state index in [9.17, 15) is 4.79 Å². The summed E-state index contributed by atoms with van der Waals surface area (Å²) in [5.41, 5.74) is 9.35. The van der Waals surface area contributed by atoms with E-state index in [1.54, 1.807) is 36.5 Å². The molecule has 1 amide bonds. The number of pyridine rings is 1. The van der Waals surface area contributed by atoms with Gasteiger partial charge in [-0.25, -0.2) is 9.97 Å². The molecule has 7 heteroatoms. The van der Waals surface area contributed by atoms with Gasteiger partial charge in [0.1, 0.15) is 5.69 Å². The predicted molar refractivity (Wildman–Crippen MR) is 96.7 cm³/mol. The minimum Gasteiger partial charge on any atom is -0.368 e. The molecular weight excluding hydrogens is 328 g/mol. The summed E-state index contributed by atoms with van der Waals surface area (Å²) in [6.07, 6.45) is 1.68. The average Bonchev–Trinajstić information content (AvgIpc) is 2.66. The second kappa shape index (κ2) is 7.40. The number of amides is 1. The minimum absolute atomic E-state index is 0.0102. The van der Waals surface area contributed by atoms with Gasteiger partial charge in [-0.2, -0.15) is 5.26 Å². The Morgan fingerprint density at radius 1 is 1.23 bits per heavy atom. The van der Waals surface area contributed by atoms with Gasteiger partial charge in [0.15, 0.2) is 0 Å². The van der Waals surface area contributed by atoms with E-state index in [4.69, 9.17) is 11.0 Å². The summed E-state index contributed by atoms with van der Waals surface area (Å²) >= 11 is 0. The van der Waals surface area contributed by atoms with Crippen LogP contribution in [0.2, 0.25) is 0 Å². The maximum atomic E-state index is 12.5. The van der Waals surface area contributed by atoms with Crippen molar-refractivity contribution in [3.63, 3.8) is 0 Å². The molecule has 0 aliphatic heterocycles. The molecule has 0 fully saturated rings. The van der Waals surface area contributed by atoms with Crippen LogP contribution in [-0.2, 0) is 6.54 Å². The zero-order valence-electron chi connectivity index (χ0n) is 14.1. The molecule has 2 heterocycles. The number of hydrogen-bond acceptors (Lipinski definition) is 6. The summed E-state index contributed by atoms with van der Waals surface area (Å²) in [5.74, 6) is -0.383. The molecule has 0 atom stereocenters. The molecule has 3 aromatic rings. The second-order valence-corrected chi connectivity index (χ2v) is 5.64. The van der Waals surface area contributed by atoms with Crippen molar-refractivity contribution in [3.8, 4) is 17.3 Å². The summed E-state index contributed by atoms with van der Waals surface area (Å²) in [4.78, 5) is 24.9. The molecule has 1 aromatic carbocycles. The smallest absolute Gasteiger partial charge is 0.270 e. The number of nitrogens with two attached hydrogens (primary N) is 1. The highest BCUT2D eigenvalue weighted by Crippen LogP contribution is 2.20. The van der Waals surface area contributed by atoms with Crippen molar-refractivity contribution in [1.82, 2.24) is 20.3 Å². The van der Waals surface area contributed by atoms with Gasteiger partial charge in [0.2, 0.25) is 5.95 Å². The van der Waals surface area contributed by atoms with E-state index in [1.807, 2.05) is 19.1 Å². The Hall–Kier alpha value is -3.79. The van der Waals surface area contributed by atoms with Gasteiger partial charge in [-0.15, -0.1) is 0 Å². The van der Waals surface area contributed by atoms with Gasteiger partial charge < -0.3 is 11.1 Å². The zero-order valence-corrected chi connectivity index (χ0v) is 14.1. The first kappa shape index (κ1) is 17.0. The zero-order chi connectivity index (χ0) is 18.5. The summed E-state index contributed by atoms with van der Waals surface area (Å²) < 4.78 is 0. The third-order valence-electron chi connectivity index (χ3n) is 3.80. The van der Waals surface area contributed by atoms with E-state index in [-0.39, 0.29) is 24.1 Å². The lowest BCUT2D eigenvalue weighted by molar-refractivity contribution is 0.0945. The number of rotatable bonds is 4. The molecule has 2 aromatic heterocycles. The number of carbonyl (C=O) groups is 1. The lowest BCUT2D eigenvalue weighted by atomic mass is 10.1. The van der Waals surface area contributed by atoms with Crippen molar-refractivity contribution in [1.29, 1.82) is 5.26 Å². The molecule has 3 rings (SSSR count). The molecule has 0 aliphatic rings. The standard InChI is InChI=1S/C19H16N6O/c1-12-4-3-7-22-17(12)11-23-18(26)16-9-15(24-19(21)25-16)14-6-2-5-13(8-14)10-20/h2-9H,11H2,1H3,(H,23,26)(H2,21,24,25). The van der Waals surface area contributed by atoms with Gasteiger partial charge in [-0.05, 0) is 36.8 Å². The highest BCUT2D eigenvalue weighted by molar-refractivity contribution is 5.93. The Kier molecular flexibility index (Phi) is 4.85. The first-order valence-corrected chi connectivity index (χ1v) is 7.90. The van der Waals surface area contributed by atoms with Crippen LogP contribution in [0.15, 0.2) is 48.7 Å². The summed E-state index contributed by atoms with van der Waals surface area (Å²) in [5, 5.41) is 11.8. The topological polar surface area (TPSA) is 118 Å². The first-order valence-electron chi connectivity index (χ1n) is 7.90. The summed E-state index contributed by atoms with van der Waals surface area (Å²) in [6.45, 7) is 2.21. The average molecular weight is 344 g/mol.